The Morgan fingerprint density at radius 1 is 1.03 bits per heavy atom. The summed E-state index contributed by atoms with van der Waals surface area (Å²) in [5.41, 5.74) is 5.08. The summed E-state index contributed by atoms with van der Waals surface area (Å²) in [4.78, 5) is 2.17. The molecule has 0 heterocycles. The monoisotopic (exact) mass is 569 g/mol. The summed E-state index contributed by atoms with van der Waals surface area (Å²) in [5, 5.41) is 0. The van der Waals surface area contributed by atoms with Crippen molar-refractivity contribution in [2.24, 2.45) is 0 Å². The Kier molecular flexibility index (Phi) is 8.99. The average molecular weight is 570 g/mol. The van der Waals surface area contributed by atoms with Crippen LogP contribution in [0.4, 0.5) is 10.1 Å². The predicted molar refractivity (Wildman–Crippen MR) is 135 cm³/mol. The summed E-state index contributed by atoms with van der Waals surface area (Å²) in [6.07, 6.45) is 0.0397. The Labute approximate surface area is 206 Å². The summed E-state index contributed by atoms with van der Waals surface area (Å²) < 4.78 is 22.1. The number of rotatable bonds is 6. The van der Waals surface area contributed by atoms with Crippen molar-refractivity contribution in [3.8, 4) is 5.75 Å². The quantitative estimate of drug-likeness (QED) is 0.328. The molecule has 2 rings (SSSR count). The van der Waals surface area contributed by atoms with Crippen molar-refractivity contribution in [3.05, 3.63) is 58.4 Å². The first-order valence-electron chi connectivity index (χ1n) is 10.8. The van der Waals surface area contributed by atoms with Gasteiger partial charge < -0.3 is 0 Å². The van der Waals surface area contributed by atoms with Gasteiger partial charge in [-0.3, -0.25) is 0 Å². The summed E-state index contributed by atoms with van der Waals surface area (Å²) in [6, 6.07) is 9.30. The van der Waals surface area contributed by atoms with E-state index in [4.69, 9.17) is 24.1 Å². The normalized spacial score (nSPS) is 12.7. The van der Waals surface area contributed by atoms with Crippen LogP contribution in [-0.2, 0) is 30.9 Å². The molecule has 0 radical (unpaired) electrons. The number of anilines is 1. The van der Waals surface area contributed by atoms with Crippen molar-refractivity contribution in [1.29, 1.82) is 0 Å². The number of halogens is 3. The van der Waals surface area contributed by atoms with E-state index in [1.54, 1.807) is 4.61 Å². The van der Waals surface area contributed by atoms with Gasteiger partial charge >= 0.3 is 207 Å². The average Bonchev–Trinajstić information content (AvgIpc) is 2.61. The topological polar surface area (TPSA) is 12.5 Å². The number of hydrogen-bond acceptors (Lipinski definition) is 2. The maximum absolute atomic E-state index is 13.9. The van der Waals surface area contributed by atoms with E-state index in [1.807, 2.05) is 27.0 Å². The van der Waals surface area contributed by atoms with Gasteiger partial charge in [0, 0.05) is 0 Å². The molecule has 2 nitrogen and oxygen atoms in total. The molecular formula is C26H36Cl2FNORu. The van der Waals surface area contributed by atoms with Crippen LogP contribution in [0.15, 0.2) is 30.3 Å². The third kappa shape index (κ3) is 7.27. The molecule has 0 saturated heterocycles. The summed E-state index contributed by atoms with van der Waals surface area (Å²) in [5.74, 6) is 0.609. The molecule has 0 bridgehead atoms. The van der Waals surface area contributed by atoms with Crippen LogP contribution in [0.1, 0.15) is 77.6 Å². The Morgan fingerprint density at radius 3 is 2.16 bits per heavy atom. The molecule has 0 atom stereocenters. The minimum absolute atomic E-state index is 0.0169. The van der Waals surface area contributed by atoms with Crippen LogP contribution in [0.25, 0.3) is 0 Å². The molecule has 0 fully saturated rings. The predicted octanol–water partition coefficient (Wildman–Crippen LogP) is 7.92. The van der Waals surface area contributed by atoms with E-state index in [2.05, 4.69) is 58.6 Å². The zero-order valence-corrected chi connectivity index (χ0v) is 23.8. The van der Waals surface area contributed by atoms with Crippen LogP contribution in [0.3, 0.4) is 0 Å². The molecule has 2 aromatic carbocycles. The zero-order chi connectivity index (χ0) is 24.4. The fourth-order valence-electron chi connectivity index (χ4n) is 3.48. The summed E-state index contributed by atoms with van der Waals surface area (Å²) >= 11 is -2.09. The molecule has 0 aliphatic heterocycles. The van der Waals surface area contributed by atoms with E-state index in [0.29, 0.717) is 6.54 Å². The van der Waals surface area contributed by atoms with E-state index in [-0.39, 0.29) is 22.8 Å². The maximum atomic E-state index is 13.9. The standard InChI is InChI=1S/C26H36FNO.2ClH.Ru/c1-17(2)29-24-22(26(7,8)9)14-20(25(4,5)6)15-23(24)28(10)16-19-11-12-21(27)13-18(19)3;;;/h3,11-15,17H,16H2,1-2,4-10H3;2*1H;/q;;;+2/p-2. The Bertz CT molecular complexity index is 987. The second-order valence-electron chi connectivity index (χ2n) is 10.5. The Balaban J connectivity index is 2.68. The van der Waals surface area contributed by atoms with Gasteiger partial charge in [0.15, 0.2) is 0 Å². The van der Waals surface area contributed by atoms with Gasteiger partial charge in [-0.2, -0.15) is 0 Å². The van der Waals surface area contributed by atoms with Gasteiger partial charge in [0.1, 0.15) is 0 Å². The van der Waals surface area contributed by atoms with Crippen molar-refractivity contribution in [2.45, 2.75) is 78.9 Å². The van der Waals surface area contributed by atoms with Gasteiger partial charge in [-0.05, 0) is 0 Å². The Morgan fingerprint density at radius 2 is 1.66 bits per heavy atom. The molecular weight excluding hydrogens is 533 g/mol. The van der Waals surface area contributed by atoms with Crippen molar-refractivity contribution in [2.75, 3.05) is 11.9 Å². The minimum atomic E-state index is -2.09. The molecule has 6 heteroatoms. The first-order valence-corrected chi connectivity index (χ1v) is 16.3. The van der Waals surface area contributed by atoms with Crippen LogP contribution in [0.2, 0.25) is 0 Å². The molecule has 0 N–H and O–H groups in total. The van der Waals surface area contributed by atoms with E-state index in [0.717, 1.165) is 22.6 Å². The molecule has 0 aliphatic rings. The molecule has 0 aromatic heterocycles. The summed E-state index contributed by atoms with van der Waals surface area (Å²) in [7, 11) is 14.3. The second-order valence-corrected chi connectivity index (χ2v) is 16.3. The van der Waals surface area contributed by atoms with Gasteiger partial charge in [-0.25, -0.2) is 0 Å². The van der Waals surface area contributed by atoms with Crippen LogP contribution >= 0.6 is 19.4 Å². The Hall–Kier alpha value is -0.957. The number of ether oxygens (including phenoxy) is 1. The SMILES string of the molecule is CC(C)Oc1c(N(C)Cc2ccc(F)cc2[CH]=[Ru]([Cl])[Cl])cc(C(C)(C)C)cc1C(C)(C)C. The molecule has 0 spiro atoms. The fourth-order valence-corrected chi connectivity index (χ4v) is 5.33. The van der Waals surface area contributed by atoms with E-state index >= 15 is 0 Å². The van der Waals surface area contributed by atoms with Crippen molar-refractivity contribution >= 4 is 29.7 Å². The first-order chi connectivity index (χ1) is 14.6. The molecule has 0 unspecified atom stereocenters. The molecule has 0 amide bonds. The van der Waals surface area contributed by atoms with E-state index < -0.39 is 13.5 Å². The van der Waals surface area contributed by atoms with Crippen molar-refractivity contribution in [3.63, 3.8) is 0 Å². The van der Waals surface area contributed by atoms with Gasteiger partial charge in [0.2, 0.25) is 0 Å². The zero-order valence-electron chi connectivity index (χ0n) is 20.6. The third-order valence-electron chi connectivity index (χ3n) is 5.21. The van der Waals surface area contributed by atoms with Gasteiger partial charge in [-0.1, -0.05) is 0 Å². The number of benzene rings is 2. The molecule has 0 aliphatic carbocycles. The van der Waals surface area contributed by atoms with Gasteiger partial charge in [0.25, 0.3) is 0 Å². The first kappa shape index (κ1) is 27.3. The van der Waals surface area contributed by atoms with Crippen molar-refractivity contribution < 1.29 is 22.6 Å². The molecule has 32 heavy (non-hydrogen) atoms. The number of nitrogens with zero attached hydrogens (tertiary/aromatic N) is 1. The molecule has 180 valence electrons. The number of hydrogen-bond donors (Lipinski definition) is 0. The van der Waals surface area contributed by atoms with Gasteiger partial charge in [0.05, 0.1) is 0 Å². The molecule has 2 aromatic rings. The van der Waals surface area contributed by atoms with Crippen LogP contribution < -0.4 is 9.64 Å². The van der Waals surface area contributed by atoms with Crippen LogP contribution in [0, 0.1) is 5.82 Å². The van der Waals surface area contributed by atoms with E-state index in [9.17, 15) is 4.39 Å². The van der Waals surface area contributed by atoms with Crippen LogP contribution in [-0.4, -0.2) is 17.8 Å². The van der Waals surface area contributed by atoms with Crippen molar-refractivity contribution in [1.82, 2.24) is 0 Å². The van der Waals surface area contributed by atoms with E-state index in [1.165, 1.54) is 23.3 Å². The fraction of sp³-hybridized carbons (Fsp3) is 0.500. The van der Waals surface area contributed by atoms with Gasteiger partial charge in [-0.15, -0.1) is 0 Å². The summed E-state index contributed by atoms with van der Waals surface area (Å²) in [6.45, 7) is 18.0. The molecule has 0 saturated carbocycles. The third-order valence-corrected chi connectivity index (χ3v) is 7.04. The second kappa shape index (κ2) is 10.5. The van der Waals surface area contributed by atoms with Crippen LogP contribution in [0.5, 0.6) is 5.75 Å².